The van der Waals surface area contributed by atoms with Crippen molar-refractivity contribution in [3.8, 4) is 5.75 Å². The molecule has 0 spiro atoms. The van der Waals surface area contributed by atoms with E-state index in [0.29, 0.717) is 29.2 Å². The smallest absolute Gasteiger partial charge is 0.262 e. The van der Waals surface area contributed by atoms with E-state index in [0.717, 1.165) is 4.90 Å². The molecule has 2 aliphatic heterocycles. The predicted molar refractivity (Wildman–Crippen MR) is 90.7 cm³/mol. The summed E-state index contributed by atoms with van der Waals surface area (Å²) in [5, 5.41) is 0. The molecule has 0 bridgehead atoms. The number of nitrogens with zero attached hydrogens (tertiary/aromatic N) is 2. The highest BCUT2D eigenvalue weighted by molar-refractivity contribution is 6.22. The van der Waals surface area contributed by atoms with Crippen molar-refractivity contribution in [1.29, 1.82) is 0 Å². The minimum absolute atomic E-state index is 0.183. The number of para-hydroxylation sites is 2. The van der Waals surface area contributed by atoms with E-state index in [4.69, 9.17) is 4.74 Å². The number of fused-ring (bicyclic) bond motifs is 2. The van der Waals surface area contributed by atoms with Crippen molar-refractivity contribution < 1.29 is 19.1 Å². The normalized spacial score (nSPS) is 18.7. The van der Waals surface area contributed by atoms with Crippen LogP contribution in [0.2, 0.25) is 0 Å². The Morgan fingerprint density at radius 3 is 2.32 bits per heavy atom. The maximum atomic E-state index is 12.9. The van der Waals surface area contributed by atoms with E-state index in [1.54, 1.807) is 41.3 Å². The number of anilines is 1. The molecule has 0 N–H and O–H groups in total. The van der Waals surface area contributed by atoms with Gasteiger partial charge >= 0.3 is 0 Å². The van der Waals surface area contributed by atoms with Crippen LogP contribution in [-0.2, 0) is 4.79 Å². The zero-order valence-corrected chi connectivity index (χ0v) is 13.6. The summed E-state index contributed by atoms with van der Waals surface area (Å²) in [7, 11) is 0. The van der Waals surface area contributed by atoms with E-state index in [1.807, 2.05) is 19.1 Å². The Morgan fingerprint density at radius 2 is 1.64 bits per heavy atom. The van der Waals surface area contributed by atoms with Crippen LogP contribution in [0, 0.1) is 0 Å². The van der Waals surface area contributed by atoms with E-state index in [2.05, 4.69) is 0 Å². The minimum Gasteiger partial charge on any atom is -0.489 e. The number of amides is 3. The lowest BCUT2D eigenvalue weighted by Gasteiger charge is -2.35. The van der Waals surface area contributed by atoms with E-state index in [9.17, 15) is 14.4 Å². The van der Waals surface area contributed by atoms with Crippen molar-refractivity contribution in [2.24, 2.45) is 0 Å². The standard InChI is InChI=1S/C19H16N2O4/c1-12-11-25-16-9-5-4-8-15(16)21(12)17(22)10-20-18(23)13-6-2-3-7-14(13)19(20)24/h2-9,12H,10-11H2,1H3. The summed E-state index contributed by atoms with van der Waals surface area (Å²) in [6, 6.07) is 13.7. The molecule has 4 rings (SSSR count). The van der Waals surface area contributed by atoms with Crippen LogP contribution in [0.3, 0.4) is 0 Å². The monoisotopic (exact) mass is 336 g/mol. The van der Waals surface area contributed by atoms with E-state index in [-0.39, 0.29) is 18.5 Å². The fourth-order valence-electron chi connectivity index (χ4n) is 3.27. The van der Waals surface area contributed by atoms with E-state index in [1.165, 1.54) is 0 Å². The SMILES string of the molecule is CC1COc2ccccc2N1C(=O)CN1C(=O)c2ccccc2C1=O. The molecule has 2 aliphatic rings. The van der Waals surface area contributed by atoms with Crippen LogP contribution in [-0.4, -0.2) is 41.8 Å². The largest absolute Gasteiger partial charge is 0.489 e. The van der Waals surface area contributed by atoms with Crippen molar-refractivity contribution in [3.05, 3.63) is 59.7 Å². The van der Waals surface area contributed by atoms with Gasteiger partial charge in [-0.05, 0) is 31.2 Å². The van der Waals surface area contributed by atoms with Gasteiger partial charge in [0.2, 0.25) is 5.91 Å². The molecule has 0 saturated carbocycles. The molecule has 0 aliphatic carbocycles. The van der Waals surface area contributed by atoms with Crippen LogP contribution < -0.4 is 9.64 Å². The van der Waals surface area contributed by atoms with Gasteiger partial charge in [-0.1, -0.05) is 24.3 Å². The van der Waals surface area contributed by atoms with Gasteiger partial charge in [0.15, 0.2) is 0 Å². The number of hydrogen-bond donors (Lipinski definition) is 0. The van der Waals surface area contributed by atoms with Gasteiger partial charge in [0.25, 0.3) is 11.8 Å². The third kappa shape index (κ3) is 2.38. The molecular formula is C19H16N2O4. The van der Waals surface area contributed by atoms with Gasteiger partial charge in [-0.15, -0.1) is 0 Å². The summed E-state index contributed by atoms with van der Waals surface area (Å²) in [4.78, 5) is 40.4. The quantitative estimate of drug-likeness (QED) is 0.788. The van der Waals surface area contributed by atoms with Crippen molar-refractivity contribution in [3.63, 3.8) is 0 Å². The van der Waals surface area contributed by atoms with Gasteiger partial charge in [-0.2, -0.15) is 0 Å². The summed E-state index contributed by atoms with van der Waals surface area (Å²) >= 11 is 0. The highest BCUT2D eigenvalue weighted by Crippen LogP contribution is 2.34. The molecule has 126 valence electrons. The molecule has 2 heterocycles. The van der Waals surface area contributed by atoms with Crippen molar-refractivity contribution >= 4 is 23.4 Å². The van der Waals surface area contributed by atoms with Gasteiger partial charge in [-0.25, -0.2) is 0 Å². The summed E-state index contributed by atoms with van der Waals surface area (Å²) in [6.07, 6.45) is 0. The second kappa shape index (κ2) is 5.73. The highest BCUT2D eigenvalue weighted by Gasteiger charge is 2.38. The number of ether oxygens (including phenoxy) is 1. The molecular weight excluding hydrogens is 320 g/mol. The minimum atomic E-state index is -0.428. The molecule has 0 aromatic heterocycles. The second-order valence-corrected chi connectivity index (χ2v) is 6.13. The average Bonchev–Trinajstić information content (AvgIpc) is 2.87. The number of carbonyl (C=O) groups excluding carboxylic acids is 3. The molecule has 1 unspecified atom stereocenters. The number of benzene rings is 2. The van der Waals surface area contributed by atoms with Crippen molar-refractivity contribution in [2.45, 2.75) is 13.0 Å². The predicted octanol–water partition coefficient (Wildman–Crippen LogP) is 2.10. The highest BCUT2D eigenvalue weighted by atomic mass is 16.5. The van der Waals surface area contributed by atoms with Gasteiger partial charge in [0, 0.05) is 0 Å². The van der Waals surface area contributed by atoms with Gasteiger partial charge in [0.1, 0.15) is 18.9 Å². The molecule has 0 fully saturated rings. The van der Waals surface area contributed by atoms with Crippen LogP contribution in [0.25, 0.3) is 0 Å². The van der Waals surface area contributed by atoms with Crippen LogP contribution in [0.15, 0.2) is 48.5 Å². The first-order chi connectivity index (χ1) is 12.1. The first-order valence-electron chi connectivity index (χ1n) is 8.07. The summed E-state index contributed by atoms with van der Waals surface area (Å²) in [5.41, 5.74) is 1.34. The molecule has 2 aromatic carbocycles. The Balaban J connectivity index is 1.61. The van der Waals surface area contributed by atoms with E-state index >= 15 is 0 Å². The Morgan fingerprint density at radius 1 is 1.04 bits per heavy atom. The summed E-state index contributed by atoms with van der Waals surface area (Å²) in [6.45, 7) is 1.95. The molecule has 25 heavy (non-hydrogen) atoms. The van der Waals surface area contributed by atoms with Crippen LogP contribution in [0.1, 0.15) is 27.6 Å². The Bertz CT molecular complexity index is 857. The van der Waals surface area contributed by atoms with Crippen LogP contribution >= 0.6 is 0 Å². The lowest BCUT2D eigenvalue weighted by Crippen LogP contribution is -2.50. The number of hydrogen-bond acceptors (Lipinski definition) is 4. The van der Waals surface area contributed by atoms with Crippen molar-refractivity contribution in [1.82, 2.24) is 4.90 Å². The Labute approximate surface area is 144 Å². The average molecular weight is 336 g/mol. The maximum Gasteiger partial charge on any atom is 0.262 e. The number of rotatable bonds is 2. The zero-order valence-electron chi connectivity index (χ0n) is 13.6. The fourth-order valence-corrected chi connectivity index (χ4v) is 3.27. The lowest BCUT2D eigenvalue weighted by atomic mass is 10.1. The molecule has 6 heteroatoms. The Hall–Kier alpha value is -3.15. The molecule has 0 radical (unpaired) electrons. The lowest BCUT2D eigenvalue weighted by molar-refractivity contribution is -0.119. The maximum absolute atomic E-state index is 12.9. The van der Waals surface area contributed by atoms with Gasteiger partial charge < -0.3 is 9.64 Å². The summed E-state index contributed by atoms with van der Waals surface area (Å²) < 4.78 is 5.64. The fraction of sp³-hybridized carbons (Fsp3) is 0.211. The molecule has 0 saturated heterocycles. The van der Waals surface area contributed by atoms with Gasteiger partial charge in [0.05, 0.1) is 22.9 Å². The van der Waals surface area contributed by atoms with Crippen LogP contribution in [0.5, 0.6) is 5.75 Å². The Kier molecular flexibility index (Phi) is 3.53. The molecule has 2 aromatic rings. The van der Waals surface area contributed by atoms with Gasteiger partial charge in [-0.3, -0.25) is 19.3 Å². The molecule has 6 nitrogen and oxygen atoms in total. The van der Waals surface area contributed by atoms with Crippen LogP contribution in [0.4, 0.5) is 5.69 Å². The number of carbonyl (C=O) groups is 3. The third-order valence-corrected chi connectivity index (χ3v) is 4.49. The van der Waals surface area contributed by atoms with Crippen molar-refractivity contribution in [2.75, 3.05) is 18.1 Å². The second-order valence-electron chi connectivity index (χ2n) is 6.13. The summed E-state index contributed by atoms with van der Waals surface area (Å²) in [5.74, 6) is -0.541. The first kappa shape index (κ1) is 15.4. The third-order valence-electron chi connectivity index (χ3n) is 4.49. The number of imide groups is 1. The van der Waals surface area contributed by atoms with E-state index < -0.39 is 11.8 Å². The molecule has 3 amide bonds. The molecule has 1 atom stereocenters. The first-order valence-corrected chi connectivity index (χ1v) is 8.07. The topological polar surface area (TPSA) is 66.9 Å². The zero-order chi connectivity index (χ0) is 17.6.